The van der Waals surface area contributed by atoms with Crippen molar-refractivity contribution in [2.75, 3.05) is 6.54 Å². The number of carboxylic acid groups (broad SMARTS) is 1. The number of carboxylic acids is 1. The molecule has 1 aliphatic carbocycles. The Kier molecular flexibility index (Phi) is 5.93. The molecule has 2 fully saturated rings. The van der Waals surface area contributed by atoms with Gasteiger partial charge >= 0.3 is 18.3 Å². The second-order valence-electron chi connectivity index (χ2n) is 8.91. The zero-order valence-corrected chi connectivity index (χ0v) is 19.3. The van der Waals surface area contributed by atoms with Crippen LogP contribution in [0.3, 0.4) is 0 Å². The maximum atomic E-state index is 13.9. The molecule has 2 aromatic rings. The highest BCUT2D eigenvalue weighted by molar-refractivity contribution is 7.92. The molecule has 4 rings (SSSR count). The number of hydrogen-bond acceptors (Lipinski definition) is 5. The molecule has 8 nitrogen and oxygen atoms in total. The maximum absolute atomic E-state index is 13.9. The molecule has 1 saturated heterocycles. The summed E-state index contributed by atoms with van der Waals surface area (Å²) in [5.74, 6) is -3.33. The smallest absolute Gasteiger partial charge is 0.417 e. The molecule has 2 aliphatic rings. The number of rotatable bonds is 5. The van der Waals surface area contributed by atoms with Gasteiger partial charge in [-0.2, -0.15) is 31.4 Å². The highest BCUT2D eigenvalue weighted by Crippen LogP contribution is 2.59. The molecule has 0 unspecified atom stereocenters. The van der Waals surface area contributed by atoms with Crippen molar-refractivity contribution in [2.45, 2.75) is 47.8 Å². The molecule has 0 spiro atoms. The number of aliphatic carboxylic acids is 1. The van der Waals surface area contributed by atoms with E-state index in [9.17, 15) is 49.5 Å². The fourth-order valence-electron chi connectivity index (χ4n) is 4.43. The Morgan fingerprint density at radius 2 is 1.75 bits per heavy atom. The molecule has 1 aliphatic heterocycles. The minimum atomic E-state index is -5.13. The predicted octanol–water partition coefficient (Wildman–Crippen LogP) is 3.28. The summed E-state index contributed by atoms with van der Waals surface area (Å²) in [6, 6.07) is 0.522. The van der Waals surface area contributed by atoms with Gasteiger partial charge in [0.1, 0.15) is 11.5 Å². The van der Waals surface area contributed by atoms with Gasteiger partial charge in [-0.3, -0.25) is 9.48 Å². The number of halogens is 6. The molecule has 1 aromatic heterocycles. The van der Waals surface area contributed by atoms with Gasteiger partial charge in [-0.25, -0.2) is 13.2 Å². The van der Waals surface area contributed by atoms with Crippen molar-refractivity contribution in [3.05, 3.63) is 36.2 Å². The van der Waals surface area contributed by atoms with Crippen LogP contribution >= 0.6 is 0 Å². The first-order valence-corrected chi connectivity index (χ1v) is 12.1. The summed E-state index contributed by atoms with van der Waals surface area (Å²) in [5.41, 5.74) is -4.03. The summed E-state index contributed by atoms with van der Waals surface area (Å²) < 4.78 is 110. The number of benzene rings is 1. The normalized spacial score (nSPS) is 22.0. The zero-order valence-electron chi connectivity index (χ0n) is 18.5. The van der Waals surface area contributed by atoms with Gasteiger partial charge < -0.3 is 10.0 Å². The minimum absolute atomic E-state index is 0.0156. The van der Waals surface area contributed by atoms with Crippen molar-refractivity contribution in [1.82, 2.24) is 14.7 Å². The number of nitrogens with zero attached hydrogens (tertiary/aromatic N) is 3. The standard InChI is InChI=1S/C21H19F6N3O5S/c1-29-9-12(8-28-29)11-2-3-16(14(6-11)20(22,23)24)36(34,35)13-7-15(17(31)32)30(10-13)18(33)19(4-5-19)21(25,26)27/h2-3,6,8-9,13,15H,4-5,7,10H2,1H3,(H,31,32)/t13-,15+/m1/s1. The molecule has 2 heterocycles. The number of aromatic nitrogens is 2. The average molecular weight is 539 g/mol. The van der Waals surface area contributed by atoms with E-state index in [1.807, 2.05) is 0 Å². The van der Waals surface area contributed by atoms with Gasteiger partial charge in [0, 0.05) is 25.4 Å². The predicted molar refractivity (Wildman–Crippen MR) is 110 cm³/mol. The first-order valence-electron chi connectivity index (χ1n) is 10.5. The minimum Gasteiger partial charge on any atom is -0.480 e. The second-order valence-corrected chi connectivity index (χ2v) is 11.1. The fourth-order valence-corrected chi connectivity index (χ4v) is 6.32. The Morgan fingerprint density at radius 1 is 1.11 bits per heavy atom. The van der Waals surface area contributed by atoms with Crippen molar-refractivity contribution in [3.8, 4) is 11.1 Å². The zero-order chi connectivity index (χ0) is 26.8. The van der Waals surface area contributed by atoms with Crippen LogP contribution in [0.15, 0.2) is 35.5 Å². The Bertz CT molecular complexity index is 1330. The van der Waals surface area contributed by atoms with E-state index in [1.165, 1.54) is 24.1 Å². The van der Waals surface area contributed by atoms with Gasteiger partial charge in [-0.05, 0) is 37.0 Å². The molecule has 1 amide bonds. The topological polar surface area (TPSA) is 110 Å². The van der Waals surface area contributed by atoms with E-state index in [2.05, 4.69) is 5.10 Å². The molecule has 1 saturated carbocycles. The number of aryl methyl sites for hydroxylation is 1. The van der Waals surface area contributed by atoms with Gasteiger partial charge in [0.15, 0.2) is 9.84 Å². The number of likely N-dealkylation sites (tertiary alicyclic amines) is 1. The van der Waals surface area contributed by atoms with E-state index < -0.39 is 87.0 Å². The highest BCUT2D eigenvalue weighted by Gasteiger charge is 2.70. The van der Waals surface area contributed by atoms with Crippen molar-refractivity contribution in [3.63, 3.8) is 0 Å². The third kappa shape index (κ3) is 4.22. The Hall–Kier alpha value is -3.10. The lowest BCUT2D eigenvalue weighted by Crippen LogP contribution is -2.48. The van der Waals surface area contributed by atoms with Crippen LogP contribution in [-0.4, -0.2) is 64.1 Å². The molecule has 1 N–H and O–H groups in total. The fraction of sp³-hybridized carbons (Fsp3) is 0.476. The molecule has 0 radical (unpaired) electrons. The lowest BCUT2D eigenvalue weighted by molar-refractivity contribution is -0.199. The first kappa shape index (κ1) is 26.0. The van der Waals surface area contributed by atoms with Crippen molar-refractivity contribution in [2.24, 2.45) is 12.5 Å². The van der Waals surface area contributed by atoms with Crippen LogP contribution < -0.4 is 0 Å². The lowest BCUT2D eigenvalue weighted by Gasteiger charge is -2.28. The molecular formula is C21H19F6N3O5S. The van der Waals surface area contributed by atoms with E-state index in [4.69, 9.17) is 0 Å². The van der Waals surface area contributed by atoms with Crippen LogP contribution in [0.1, 0.15) is 24.8 Å². The summed E-state index contributed by atoms with van der Waals surface area (Å²) in [4.78, 5) is 23.6. The lowest BCUT2D eigenvalue weighted by atomic mass is 10.0. The molecule has 196 valence electrons. The van der Waals surface area contributed by atoms with E-state index >= 15 is 0 Å². The van der Waals surface area contributed by atoms with Crippen molar-refractivity contribution >= 4 is 21.7 Å². The van der Waals surface area contributed by atoms with Crippen LogP contribution in [0.5, 0.6) is 0 Å². The SMILES string of the molecule is Cn1cc(-c2ccc(S(=O)(=O)[C@@H]3C[C@@H](C(=O)O)N(C(=O)C4(C(F)(F)F)CC4)C3)c(C(F)(F)F)c2)cn1. The second kappa shape index (κ2) is 8.21. The molecular weight excluding hydrogens is 520 g/mol. The van der Waals surface area contributed by atoms with Crippen LogP contribution in [0.2, 0.25) is 0 Å². The average Bonchev–Trinajstić information content (AvgIpc) is 3.28. The van der Waals surface area contributed by atoms with Gasteiger partial charge in [0.2, 0.25) is 5.91 Å². The third-order valence-corrected chi connectivity index (χ3v) is 8.77. The molecule has 36 heavy (non-hydrogen) atoms. The number of carbonyl (C=O) groups excluding carboxylic acids is 1. The number of alkyl halides is 6. The number of hydrogen-bond donors (Lipinski definition) is 1. The number of amides is 1. The van der Waals surface area contributed by atoms with Crippen molar-refractivity contribution in [1.29, 1.82) is 0 Å². The van der Waals surface area contributed by atoms with E-state index in [0.29, 0.717) is 11.0 Å². The monoisotopic (exact) mass is 539 g/mol. The Labute approximate surface area is 200 Å². The van der Waals surface area contributed by atoms with Crippen LogP contribution in [0.4, 0.5) is 26.3 Å². The quantitative estimate of drug-likeness (QED) is 0.585. The van der Waals surface area contributed by atoms with Gasteiger partial charge in [-0.1, -0.05) is 6.07 Å². The van der Waals surface area contributed by atoms with Crippen molar-refractivity contribution < 1.29 is 49.5 Å². The summed E-state index contributed by atoms with van der Waals surface area (Å²) in [5, 5.41) is 11.5. The Morgan fingerprint density at radius 3 is 2.22 bits per heavy atom. The summed E-state index contributed by atoms with van der Waals surface area (Å²) in [7, 11) is -3.39. The number of carbonyl (C=O) groups is 2. The van der Waals surface area contributed by atoms with Gasteiger partial charge in [-0.15, -0.1) is 0 Å². The molecule has 1 aromatic carbocycles. The third-order valence-electron chi connectivity index (χ3n) is 6.58. The summed E-state index contributed by atoms with van der Waals surface area (Å²) >= 11 is 0. The summed E-state index contributed by atoms with van der Waals surface area (Å²) in [6.45, 7) is -0.975. The largest absolute Gasteiger partial charge is 0.480 e. The van der Waals surface area contributed by atoms with Crippen LogP contribution in [0.25, 0.3) is 11.1 Å². The molecule has 15 heteroatoms. The Balaban J connectivity index is 1.73. The maximum Gasteiger partial charge on any atom is 0.417 e. The molecule has 2 atom stereocenters. The van der Waals surface area contributed by atoms with Gasteiger partial charge in [0.05, 0.1) is 21.9 Å². The summed E-state index contributed by atoms with van der Waals surface area (Å²) in [6.07, 6.45) is -9.43. The molecule has 0 bridgehead atoms. The van der Waals surface area contributed by atoms with Crippen LogP contribution in [0, 0.1) is 5.41 Å². The van der Waals surface area contributed by atoms with E-state index in [-0.39, 0.29) is 11.1 Å². The van der Waals surface area contributed by atoms with Gasteiger partial charge in [0.25, 0.3) is 0 Å². The van der Waals surface area contributed by atoms with E-state index in [0.717, 1.165) is 12.1 Å². The van der Waals surface area contributed by atoms with Crippen LogP contribution in [-0.2, 0) is 32.7 Å². The van der Waals surface area contributed by atoms with E-state index in [1.54, 1.807) is 0 Å². The highest BCUT2D eigenvalue weighted by atomic mass is 32.2. The first-order chi connectivity index (χ1) is 16.5. The number of sulfone groups is 1.